The van der Waals surface area contributed by atoms with Gasteiger partial charge in [0.05, 0.1) is 6.54 Å². The predicted molar refractivity (Wildman–Crippen MR) is 57.8 cm³/mol. The molecule has 1 N–H and O–H groups in total. The van der Waals surface area contributed by atoms with Crippen molar-refractivity contribution in [2.24, 2.45) is 7.05 Å². The maximum Gasteiger partial charge on any atom is 0.418 e. The fourth-order valence-electron chi connectivity index (χ4n) is 1.62. The van der Waals surface area contributed by atoms with E-state index < -0.39 is 12.3 Å². The summed E-state index contributed by atoms with van der Waals surface area (Å²) in [7, 11) is 1.80. The Morgan fingerprint density at radius 1 is 1.39 bits per heavy atom. The van der Waals surface area contributed by atoms with Crippen LogP contribution < -0.4 is 0 Å². The molecule has 0 fully saturated rings. The van der Waals surface area contributed by atoms with Crippen LogP contribution in [-0.4, -0.2) is 25.4 Å². The Hall–Kier alpha value is -1.76. The zero-order valence-electron chi connectivity index (χ0n) is 9.59. The lowest BCUT2D eigenvalue weighted by Crippen LogP contribution is -2.19. The van der Waals surface area contributed by atoms with Crippen LogP contribution in [0.5, 0.6) is 0 Å². The summed E-state index contributed by atoms with van der Waals surface area (Å²) < 4.78 is 40.3. The number of imidazole rings is 1. The van der Waals surface area contributed by atoms with Crippen molar-refractivity contribution in [3.8, 4) is 0 Å². The zero-order chi connectivity index (χ0) is 13.3. The molecule has 4 nitrogen and oxygen atoms in total. The molecule has 2 aromatic heterocycles. The highest BCUT2D eigenvalue weighted by Gasteiger charge is 2.39. The maximum absolute atomic E-state index is 12.3. The number of aliphatic hydroxyl groups is 1. The van der Waals surface area contributed by atoms with E-state index in [9.17, 15) is 13.2 Å². The number of rotatable bonds is 3. The van der Waals surface area contributed by atoms with Crippen LogP contribution in [0.15, 0.2) is 30.9 Å². The van der Waals surface area contributed by atoms with Gasteiger partial charge >= 0.3 is 6.18 Å². The molecule has 0 bridgehead atoms. The van der Waals surface area contributed by atoms with Gasteiger partial charge in [-0.3, -0.25) is 0 Å². The number of hydrogen-bond acceptors (Lipinski definition) is 2. The summed E-state index contributed by atoms with van der Waals surface area (Å²) in [6, 6.07) is 1.25. The second-order valence-corrected chi connectivity index (χ2v) is 4.02. The van der Waals surface area contributed by atoms with E-state index in [0.29, 0.717) is 6.54 Å². The van der Waals surface area contributed by atoms with Crippen molar-refractivity contribution >= 4 is 0 Å². The molecule has 98 valence electrons. The average molecular weight is 259 g/mol. The first-order valence-corrected chi connectivity index (χ1v) is 5.24. The summed E-state index contributed by atoms with van der Waals surface area (Å²) in [5.74, 6) is 0.721. The number of aliphatic hydroxyl groups excluding tert-OH is 1. The van der Waals surface area contributed by atoms with E-state index in [1.54, 1.807) is 28.6 Å². The number of halogens is 3. The van der Waals surface area contributed by atoms with Gasteiger partial charge < -0.3 is 14.2 Å². The SMILES string of the molecule is Cn1ccnc1Cn1ccc(C(O)C(F)(F)F)c1. The highest BCUT2D eigenvalue weighted by atomic mass is 19.4. The molecule has 0 radical (unpaired) electrons. The molecule has 0 spiro atoms. The maximum atomic E-state index is 12.3. The summed E-state index contributed by atoms with van der Waals surface area (Å²) in [6.45, 7) is 0.355. The smallest absolute Gasteiger partial charge is 0.379 e. The molecule has 0 amide bonds. The van der Waals surface area contributed by atoms with Crippen molar-refractivity contribution in [1.82, 2.24) is 14.1 Å². The van der Waals surface area contributed by atoms with Gasteiger partial charge in [0, 0.05) is 37.4 Å². The third kappa shape index (κ3) is 2.56. The zero-order valence-corrected chi connectivity index (χ0v) is 9.59. The van der Waals surface area contributed by atoms with Crippen LogP contribution in [-0.2, 0) is 13.6 Å². The number of alkyl halides is 3. The fourth-order valence-corrected chi connectivity index (χ4v) is 1.62. The normalized spacial score (nSPS) is 13.8. The quantitative estimate of drug-likeness (QED) is 0.914. The largest absolute Gasteiger partial charge is 0.418 e. The predicted octanol–water partition coefficient (Wildman–Crippen LogP) is 1.87. The molecular formula is C11H12F3N3O. The summed E-state index contributed by atoms with van der Waals surface area (Å²) in [5, 5.41) is 9.09. The number of hydrogen-bond donors (Lipinski definition) is 1. The van der Waals surface area contributed by atoms with Crippen molar-refractivity contribution in [3.63, 3.8) is 0 Å². The summed E-state index contributed by atoms with van der Waals surface area (Å²) in [5.41, 5.74) is -0.170. The number of aromatic nitrogens is 3. The molecule has 7 heteroatoms. The molecule has 2 heterocycles. The molecule has 0 aromatic carbocycles. The lowest BCUT2D eigenvalue weighted by molar-refractivity contribution is -0.206. The first kappa shape index (κ1) is 12.7. The molecule has 0 aliphatic heterocycles. The number of aryl methyl sites for hydroxylation is 1. The highest BCUT2D eigenvalue weighted by molar-refractivity contribution is 5.15. The van der Waals surface area contributed by atoms with Gasteiger partial charge in [0.25, 0.3) is 0 Å². The minimum atomic E-state index is -4.64. The standard InChI is InChI=1S/C11H12F3N3O/c1-16-5-3-15-9(16)7-17-4-2-8(6-17)10(18)11(12,13)14/h2-6,10,18H,7H2,1H3. The summed E-state index contributed by atoms with van der Waals surface area (Å²) in [6.07, 6.45) is -0.962. The minimum Gasteiger partial charge on any atom is -0.379 e. The van der Waals surface area contributed by atoms with Crippen LogP contribution in [0.3, 0.4) is 0 Å². The van der Waals surface area contributed by atoms with Gasteiger partial charge in [0.1, 0.15) is 5.82 Å². The van der Waals surface area contributed by atoms with E-state index in [1.165, 1.54) is 18.5 Å². The first-order valence-electron chi connectivity index (χ1n) is 5.24. The van der Waals surface area contributed by atoms with Crippen molar-refractivity contribution in [2.75, 3.05) is 0 Å². The Kier molecular flexibility index (Phi) is 3.16. The average Bonchev–Trinajstić information content (AvgIpc) is 2.87. The van der Waals surface area contributed by atoms with Crippen LogP contribution in [0.25, 0.3) is 0 Å². The van der Waals surface area contributed by atoms with Crippen molar-refractivity contribution in [2.45, 2.75) is 18.8 Å². The molecule has 0 saturated heterocycles. The van der Waals surface area contributed by atoms with Crippen molar-refractivity contribution in [3.05, 3.63) is 42.2 Å². The molecule has 2 rings (SSSR count). The molecule has 1 atom stereocenters. The van der Waals surface area contributed by atoms with Gasteiger partial charge in [-0.05, 0) is 6.07 Å². The van der Waals surface area contributed by atoms with Crippen LogP contribution >= 0.6 is 0 Å². The van der Waals surface area contributed by atoms with Gasteiger partial charge in [-0.2, -0.15) is 13.2 Å². The topological polar surface area (TPSA) is 43.0 Å². The third-order valence-corrected chi connectivity index (χ3v) is 2.64. The Bertz CT molecular complexity index is 530. The Morgan fingerprint density at radius 2 is 2.11 bits per heavy atom. The van der Waals surface area contributed by atoms with E-state index in [-0.39, 0.29) is 5.56 Å². The summed E-state index contributed by atoms with van der Waals surface area (Å²) in [4.78, 5) is 4.07. The van der Waals surface area contributed by atoms with E-state index in [1.807, 2.05) is 0 Å². The fraction of sp³-hybridized carbons (Fsp3) is 0.364. The van der Waals surface area contributed by atoms with Crippen molar-refractivity contribution < 1.29 is 18.3 Å². The van der Waals surface area contributed by atoms with Gasteiger partial charge in [-0.25, -0.2) is 4.98 Å². The molecule has 18 heavy (non-hydrogen) atoms. The molecule has 0 saturated carbocycles. The third-order valence-electron chi connectivity index (χ3n) is 2.64. The van der Waals surface area contributed by atoms with Crippen LogP contribution in [0, 0.1) is 0 Å². The molecule has 0 aliphatic carbocycles. The van der Waals surface area contributed by atoms with E-state index >= 15 is 0 Å². The molecular weight excluding hydrogens is 247 g/mol. The highest BCUT2D eigenvalue weighted by Crippen LogP contribution is 2.32. The van der Waals surface area contributed by atoms with Gasteiger partial charge in [-0.15, -0.1) is 0 Å². The van der Waals surface area contributed by atoms with E-state index in [0.717, 1.165) is 5.82 Å². The van der Waals surface area contributed by atoms with E-state index in [4.69, 9.17) is 5.11 Å². The lowest BCUT2D eigenvalue weighted by atomic mass is 10.2. The van der Waals surface area contributed by atoms with E-state index in [2.05, 4.69) is 4.98 Å². The first-order chi connectivity index (χ1) is 8.38. The van der Waals surface area contributed by atoms with Crippen LogP contribution in [0.2, 0.25) is 0 Å². The second kappa shape index (κ2) is 4.49. The van der Waals surface area contributed by atoms with Crippen molar-refractivity contribution in [1.29, 1.82) is 0 Å². The second-order valence-electron chi connectivity index (χ2n) is 4.02. The van der Waals surface area contributed by atoms with Gasteiger partial charge in [-0.1, -0.05) is 0 Å². The van der Waals surface area contributed by atoms with Crippen LogP contribution in [0.1, 0.15) is 17.5 Å². The number of nitrogens with zero attached hydrogens (tertiary/aromatic N) is 3. The summed E-state index contributed by atoms with van der Waals surface area (Å²) >= 11 is 0. The Morgan fingerprint density at radius 3 is 2.67 bits per heavy atom. The lowest BCUT2D eigenvalue weighted by Gasteiger charge is -2.12. The molecule has 2 aromatic rings. The van der Waals surface area contributed by atoms with Gasteiger partial charge in [0.2, 0.25) is 0 Å². The monoisotopic (exact) mass is 259 g/mol. The van der Waals surface area contributed by atoms with Crippen LogP contribution in [0.4, 0.5) is 13.2 Å². The molecule has 0 aliphatic rings. The molecule has 1 unspecified atom stereocenters. The van der Waals surface area contributed by atoms with Gasteiger partial charge in [0.15, 0.2) is 6.10 Å². The Labute approximate surface area is 101 Å². The minimum absolute atomic E-state index is 0.170. The Balaban J connectivity index is 2.14.